The minimum absolute atomic E-state index is 0.344. The van der Waals surface area contributed by atoms with Crippen LogP contribution in [0.3, 0.4) is 0 Å². The van der Waals surface area contributed by atoms with Crippen LogP contribution in [0.5, 0.6) is 11.5 Å². The van der Waals surface area contributed by atoms with E-state index in [0.717, 1.165) is 30.0 Å². The van der Waals surface area contributed by atoms with Crippen LogP contribution < -0.4 is 14.8 Å². The van der Waals surface area contributed by atoms with Gasteiger partial charge in [-0.3, -0.25) is 0 Å². The Morgan fingerprint density at radius 1 is 1.41 bits per heavy atom. The second-order valence-electron chi connectivity index (χ2n) is 4.42. The number of nitrogens with one attached hydrogen (secondary N) is 1. The second-order valence-corrected chi connectivity index (χ2v) is 4.42. The summed E-state index contributed by atoms with van der Waals surface area (Å²) in [4.78, 5) is 0. The molecule has 2 heterocycles. The standard InChI is InChI=1S/C13H17NO3/c1-15-12-5-4-11-9(7-16-8-17-11)13(12)10-3-2-6-14-10/h4-5,10,14H,2-3,6-8H2,1H3. The third-order valence-electron chi connectivity index (χ3n) is 3.45. The molecule has 0 bridgehead atoms. The van der Waals surface area contributed by atoms with Gasteiger partial charge in [-0.2, -0.15) is 0 Å². The Labute approximate surface area is 101 Å². The number of methoxy groups -OCH3 is 1. The molecule has 2 aliphatic rings. The molecule has 1 unspecified atom stereocenters. The van der Waals surface area contributed by atoms with Crippen LogP contribution in [0, 0.1) is 0 Å². The molecule has 1 fully saturated rings. The minimum atomic E-state index is 0.344. The molecule has 0 saturated carbocycles. The van der Waals surface area contributed by atoms with E-state index in [2.05, 4.69) is 5.32 Å². The molecule has 1 aromatic carbocycles. The summed E-state index contributed by atoms with van der Waals surface area (Å²) in [6, 6.07) is 4.32. The molecule has 1 saturated heterocycles. The molecule has 0 spiro atoms. The summed E-state index contributed by atoms with van der Waals surface area (Å²) in [6.45, 7) is 2.02. The zero-order valence-electron chi connectivity index (χ0n) is 9.99. The van der Waals surface area contributed by atoms with E-state index in [1.807, 2.05) is 12.1 Å². The first kappa shape index (κ1) is 10.9. The Balaban J connectivity index is 2.07. The van der Waals surface area contributed by atoms with Gasteiger partial charge in [-0.1, -0.05) is 0 Å². The van der Waals surface area contributed by atoms with E-state index in [0.29, 0.717) is 19.4 Å². The lowest BCUT2D eigenvalue weighted by Crippen LogP contribution is -2.20. The monoisotopic (exact) mass is 235 g/mol. The maximum Gasteiger partial charge on any atom is 0.189 e. The van der Waals surface area contributed by atoms with Crippen molar-refractivity contribution < 1.29 is 14.2 Å². The highest BCUT2D eigenvalue weighted by Gasteiger charge is 2.26. The van der Waals surface area contributed by atoms with E-state index in [1.165, 1.54) is 12.0 Å². The van der Waals surface area contributed by atoms with Gasteiger partial charge in [0.15, 0.2) is 6.79 Å². The molecule has 3 rings (SSSR count). The molecule has 4 nitrogen and oxygen atoms in total. The van der Waals surface area contributed by atoms with Crippen molar-refractivity contribution in [1.82, 2.24) is 5.32 Å². The topological polar surface area (TPSA) is 39.7 Å². The van der Waals surface area contributed by atoms with Crippen molar-refractivity contribution >= 4 is 0 Å². The molecule has 1 aromatic rings. The summed E-state index contributed by atoms with van der Waals surface area (Å²) in [5.74, 6) is 1.86. The van der Waals surface area contributed by atoms with E-state index in [-0.39, 0.29) is 0 Å². The zero-order valence-corrected chi connectivity index (χ0v) is 9.99. The number of hydrogen-bond acceptors (Lipinski definition) is 4. The highest BCUT2D eigenvalue weighted by molar-refractivity contribution is 5.50. The smallest absolute Gasteiger partial charge is 0.189 e. The number of fused-ring (bicyclic) bond motifs is 1. The molecule has 0 aromatic heterocycles. The molecule has 0 aliphatic carbocycles. The Kier molecular flexibility index (Phi) is 2.91. The van der Waals surface area contributed by atoms with Crippen LogP contribution in [0.2, 0.25) is 0 Å². The van der Waals surface area contributed by atoms with Crippen LogP contribution in [-0.4, -0.2) is 20.4 Å². The van der Waals surface area contributed by atoms with Crippen molar-refractivity contribution in [3.63, 3.8) is 0 Å². The second kappa shape index (κ2) is 4.55. The summed E-state index contributed by atoms with van der Waals surface area (Å²) < 4.78 is 16.4. The molecule has 0 radical (unpaired) electrons. The fourth-order valence-electron chi connectivity index (χ4n) is 2.65. The highest BCUT2D eigenvalue weighted by Crippen LogP contribution is 2.39. The van der Waals surface area contributed by atoms with E-state index >= 15 is 0 Å². The van der Waals surface area contributed by atoms with E-state index < -0.39 is 0 Å². The summed E-state index contributed by atoms with van der Waals surface area (Å²) in [5.41, 5.74) is 2.34. The van der Waals surface area contributed by atoms with Gasteiger partial charge in [-0.25, -0.2) is 0 Å². The summed E-state index contributed by atoms with van der Waals surface area (Å²) in [6.07, 6.45) is 2.35. The zero-order chi connectivity index (χ0) is 11.7. The lowest BCUT2D eigenvalue weighted by molar-refractivity contribution is -0.0172. The number of benzene rings is 1. The normalized spacial score (nSPS) is 23.0. The predicted octanol–water partition coefficient (Wildman–Crippen LogP) is 1.99. The maximum atomic E-state index is 5.52. The van der Waals surface area contributed by atoms with Crippen molar-refractivity contribution in [2.45, 2.75) is 25.5 Å². The Morgan fingerprint density at radius 2 is 2.35 bits per heavy atom. The largest absolute Gasteiger partial charge is 0.496 e. The predicted molar refractivity (Wildman–Crippen MR) is 63.3 cm³/mol. The van der Waals surface area contributed by atoms with Crippen molar-refractivity contribution in [2.75, 3.05) is 20.4 Å². The summed E-state index contributed by atoms with van der Waals surface area (Å²) in [5, 5.41) is 3.51. The third-order valence-corrected chi connectivity index (χ3v) is 3.45. The van der Waals surface area contributed by atoms with Gasteiger partial charge >= 0.3 is 0 Å². The van der Waals surface area contributed by atoms with Crippen molar-refractivity contribution in [2.24, 2.45) is 0 Å². The number of ether oxygens (including phenoxy) is 3. The molecule has 0 amide bonds. The minimum Gasteiger partial charge on any atom is -0.496 e. The van der Waals surface area contributed by atoms with Gasteiger partial charge in [0.25, 0.3) is 0 Å². The van der Waals surface area contributed by atoms with Crippen molar-refractivity contribution in [3.8, 4) is 11.5 Å². The molecule has 92 valence electrons. The fraction of sp³-hybridized carbons (Fsp3) is 0.538. The fourth-order valence-corrected chi connectivity index (χ4v) is 2.65. The van der Waals surface area contributed by atoms with Crippen molar-refractivity contribution in [1.29, 1.82) is 0 Å². The first-order valence-electron chi connectivity index (χ1n) is 6.04. The Morgan fingerprint density at radius 3 is 3.12 bits per heavy atom. The molecule has 2 aliphatic heterocycles. The van der Waals surface area contributed by atoms with Crippen LogP contribution in [0.4, 0.5) is 0 Å². The maximum absolute atomic E-state index is 5.52. The van der Waals surface area contributed by atoms with E-state index in [4.69, 9.17) is 14.2 Å². The van der Waals surface area contributed by atoms with E-state index in [9.17, 15) is 0 Å². The molecule has 1 atom stereocenters. The Hall–Kier alpha value is -1.26. The van der Waals surface area contributed by atoms with Crippen LogP contribution >= 0.6 is 0 Å². The lowest BCUT2D eigenvalue weighted by atomic mass is 9.97. The van der Waals surface area contributed by atoms with Gasteiger partial charge in [0, 0.05) is 17.2 Å². The van der Waals surface area contributed by atoms with Crippen LogP contribution in [0.15, 0.2) is 12.1 Å². The average Bonchev–Trinajstić information content (AvgIpc) is 2.91. The first-order chi connectivity index (χ1) is 8.40. The number of rotatable bonds is 2. The highest BCUT2D eigenvalue weighted by atomic mass is 16.7. The quantitative estimate of drug-likeness (QED) is 0.851. The van der Waals surface area contributed by atoms with E-state index in [1.54, 1.807) is 7.11 Å². The van der Waals surface area contributed by atoms with Gasteiger partial charge in [-0.05, 0) is 31.5 Å². The van der Waals surface area contributed by atoms with Crippen LogP contribution in [0.25, 0.3) is 0 Å². The molecule has 17 heavy (non-hydrogen) atoms. The lowest BCUT2D eigenvalue weighted by Gasteiger charge is -2.25. The molecular weight excluding hydrogens is 218 g/mol. The van der Waals surface area contributed by atoms with Gasteiger partial charge in [0.05, 0.1) is 13.7 Å². The SMILES string of the molecule is COc1ccc2c(c1C1CCCN1)COCO2. The average molecular weight is 235 g/mol. The number of hydrogen-bond donors (Lipinski definition) is 1. The van der Waals surface area contributed by atoms with Gasteiger partial charge in [-0.15, -0.1) is 0 Å². The molecule has 1 N–H and O–H groups in total. The van der Waals surface area contributed by atoms with Gasteiger partial charge < -0.3 is 19.5 Å². The van der Waals surface area contributed by atoms with Crippen LogP contribution in [0.1, 0.15) is 30.0 Å². The first-order valence-corrected chi connectivity index (χ1v) is 6.04. The van der Waals surface area contributed by atoms with Gasteiger partial charge in [0.1, 0.15) is 11.5 Å². The molecule has 4 heteroatoms. The molecular formula is C13H17NO3. The van der Waals surface area contributed by atoms with Gasteiger partial charge in [0.2, 0.25) is 0 Å². The summed E-state index contributed by atoms with van der Waals surface area (Å²) >= 11 is 0. The van der Waals surface area contributed by atoms with Crippen LogP contribution in [-0.2, 0) is 11.3 Å². The van der Waals surface area contributed by atoms with Crippen molar-refractivity contribution in [3.05, 3.63) is 23.3 Å². The Bertz CT molecular complexity index is 413. The third kappa shape index (κ3) is 1.87. The summed E-state index contributed by atoms with van der Waals surface area (Å²) in [7, 11) is 1.71.